The molecule has 0 aromatic heterocycles. The standard InChI is InChI=1S/C25H36N4O3/c1-21(23-13-8-5-9-14-23)28-25(27-19-24(30)29(2)3)26-15-10-16-31-17-18-32-20-22-11-6-4-7-12-22/h4-9,11-14,21H,10,15-20H2,1-3H3,(H2,26,27,28). The van der Waals surface area contributed by atoms with Gasteiger partial charge in [-0.05, 0) is 24.5 Å². The van der Waals surface area contributed by atoms with E-state index in [1.165, 1.54) is 4.90 Å². The zero-order chi connectivity index (χ0) is 23.0. The van der Waals surface area contributed by atoms with Crippen molar-refractivity contribution in [1.82, 2.24) is 15.5 Å². The fourth-order valence-corrected chi connectivity index (χ4v) is 2.84. The van der Waals surface area contributed by atoms with E-state index < -0.39 is 0 Å². The van der Waals surface area contributed by atoms with E-state index in [2.05, 4.69) is 34.7 Å². The smallest absolute Gasteiger partial charge is 0.243 e. The van der Waals surface area contributed by atoms with Crippen molar-refractivity contribution in [2.24, 2.45) is 4.99 Å². The van der Waals surface area contributed by atoms with Gasteiger partial charge in [-0.25, -0.2) is 4.99 Å². The maximum absolute atomic E-state index is 11.9. The van der Waals surface area contributed by atoms with Gasteiger partial charge >= 0.3 is 0 Å². The number of nitrogens with zero attached hydrogens (tertiary/aromatic N) is 2. The Morgan fingerprint density at radius 3 is 2.31 bits per heavy atom. The molecule has 2 aromatic carbocycles. The molecule has 0 heterocycles. The number of rotatable bonds is 13. The largest absolute Gasteiger partial charge is 0.379 e. The van der Waals surface area contributed by atoms with E-state index in [-0.39, 0.29) is 18.5 Å². The Morgan fingerprint density at radius 2 is 1.62 bits per heavy atom. The number of amides is 1. The highest BCUT2D eigenvalue weighted by Gasteiger charge is 2.09. The molecule has 7 nitrogen and oxygen atoms in total. The van der Waals surface area contributed by atoms with E-state index in [4.69, 9.17) is 9.47 Å². The third kappa shape index (κ3) is 10.4. The van der Waals surface area contributed by atoms with Gasteiger partial charge in [0.15, 0.2) is 5.96 Å². The first-order chi connectivity index (χ1) is 15.6. The highest BCUT2D eigenvalue weighted by atomic mass is 16.5. The Bertz CT molecular complexity index is 797. The SMILES string of the molecule is CC(NC(=NCC(=O)N(C)C)NCCCOCCOCc1ccccc1)c1ccccc1. The van der Waals surface area contributed by atoms with Crippen LogP contribution in [-0.4, -0.2) is 63.8 Å². The van der Waals surface area contributed by atoms with Crippen molar-refractivity contribution in [3.63, 3.8) is 0 Å². The molecule has 7 heteroatoms. The van der Waals surface area contributed by atoms with Crippen LogP contribution in [0.4, 0.5) is 0 Å². The number of benzene rings is 2. The lowest BCUT2D eigenvalue weighted by molar-refractivity contribution is -0.127. The molecular weight excluding hydrogens is 404 g/mol. The predicted octanol–water partition coefficient (Wildman–Crippen LogP) is 2.99. The zero-order valence-electron chi connectivity index (χ0n) is 19.4. The number of hydrogen-bond donors (Lipinski definition) is 2. The summed E-state index contributed by atoms with van der Waals surface area (Å²) >= 11 is 0. The molecule has 1 amide bonds. The lowest BCUT2D eigenvalue weighted by Crippen LogP contribution is -2.40. The second kappa shape index (κ2) is 15.0. The molecule has 2 N–H and O–H groups in total. The minimum Gasteiger partial charge on any atom is -0.379 e. The van der Waals surface area contributed by atoms with Crippen LogP contribution < -0.4 is 10.6 Å². The van der Waals surface area contributed by atoms with Crippen molar-refractivity contribution in [3.8, 4) is 0 Å². The maximum atomic E-state index is 11.9. The van der Waals surface area contributed by atoms with Crippen LogP contribution in [0, 0.1) is 0 Å². The number of likely N-dealkylation sites (N-methyl/N-ethyl adjacent to an activating group) is 1. The second-order valence-electron chi connectivity index (χ2n) is 7.66. The quantitative estimate of drug-likeness (QED) is 0.285. The number of hydrogen-bond acceptors (Lipinski definition) is 4. The third-order valence-corrected chi connectivity index (χ3v) is 4.77. The molecule has 0 aliphatic carbocycles. The van der Waals surface area contributed by atoms with Gasteiger partial charge in [0.25, 0.3) is 0 Å². The van der Waals surface area contributed by atoms with Crippen LogP contribution in [0.2, 0.25) is 0 Å². The number of carbonyl (C=O) groups excluding carboxylic acids is 1. The van der Waals surface area contributed by atoms with Crippen molar-refractivity contribution >= 4 is 11.9 Å². The van der Waals surface area contributed by atoms with Crippen LogP contribution in [0.15, 0.2) is 65.7 Å². The summed E-state index contributed by atoms with van der Waals surface area (Å²) in [6.07, 6.45) is 0.820. The Morgan fingerprint density at radius 1 is 0.969 bits per heavy atom. The second-order valence-corrected chi connectivity index (χ2v) is 7.66. The van der Waals surface area contributed by atoms with Crippen LogP contribution in [0.1, 0.15) is 30.5 Å². The molecule has 2 aromatic rings. The normalized spacial score (nSPS) is 12.3. The first-order valence-electron chi connectivity index (χ1n) is 11.1. The summed E-state index contributed by atoms with van der Waals surface area (Å²) in [6, 6.07) is 20.3. The predicted molar refractivity (Wildman–Crippen MR) is 129 cm³/mol. The molecule has 0 saturated heterocycles. The van der Waals surface area contributed by atoms with E-state index in [1.54, 1.807) is 14.1 Å². The van der Waals surface area contributed by atoms with Crippen LogP contribution in [0.5, 0.6) is 0 Å². The third-order valence-electron chi connectivity index (χ3n) is 4.77. The number of guanidine groups is 1. The molecule has 0 radical (unpaired) electrons. The van der Waals surface area contributed by atoms with E-state index in [0.29, 0.717) is 38.9 Å². The maximum Gasteiger partial charge on any atom is 0.243 e. The summed E-state index contributed by atoms with van der Waals surface area (Å²) in [7, 11) is 3.46. The summed E-state index contributed by atoms with van der Waals surface area (Å²) < 4.78 is 11.3. The van der Waals surface area contributed by atoms with Crippen LogP contribution in [0.3, 0.4) is 0 Å². The Balaban J connectivity index is 1.67. The summed E-state index contributed by atoms with van der Waals surface area (Å²) in [6.45, 7) is 5.21. The van der Waals surface area contributed by atoms with E-state index >= 15 is 0 Å². The van der Waals surface area contributed by atoms with Crippen molar-refractivity contribution in [2.75, 3.05) is 47.0 Å². The monoisotopic (exact) mass is 440 g/mol. The molecular formula is C25H36N4O3. The van der Waals surface area contributed by atoms with Crippen molar-refractivity contribution in [1.29, 1.82) is 0 Å². The minimum atomic E-state index is -0.0442. The Kier molecular flexibility index (Phi) is 11.9. The van der Waals surface area contributed by atoms with Gasteiger partial charge in [0.2, 0.25) is 5.91 Å². The van der Waals surface area contributed by atoms with Gasteiger partial charge < -0.3 is 25.0 Å². The van der Waals surface area contributed by atoms with Gasteiger partial charge in [-0.15, -0.1) is 0 Å². The average Bonchev–Trinajstić information content (AvgIpc) is 2.82. The summed E-state index contributed by atoms with van der Waals surface area (Å²) in [5, 5.41) is 6.66. The van der Waals surface area contributed by atoms with Crippen molar-refractivity contribution in [3.05, 3.63) is 71.8 Å². The molecule has 0 spiro atoms. The van der Waals surface area contributed by atoms with Gasteiger partial charge in [-0.2, -0.15) is 0 Å². The molecule has 2 rings (SSSR count). The zero-order valence-corrected chi connectivity index (χ0v) is 19.4. The molecule has 174 valence electrons. The first-order valence-corrected chi connectivity index (χ1v) is 11.1. The topological polar surface area (TPSA) is 75.2 Å². The Labute approximate surface area is 191 Å². The first kappa shape index (κ1) is 25.4. The fourth-order valence-electron chi connectivity index (χ4n) is 2.84. The van der Waals surface area contributed by atoms with Gasteiger partial charge in [-0.3, -0.25) is 4.79 Å². The minimum absolute atomic E-state index is 0.0442. The van der Waals surface area contributed by atoms with Gasteiger partial charge in [0, 0.05) is 27.2 Å². The highest BCUT2D eigenvalue weighted by Crippen LogP contribution is 2.10. The lowest BCUT2D eigenvalue weighted by Gasteiger charge is -2.19. The summed E-state index contributed by atoms with van der Waals surface area (Å²) in [5.41, 5.74) is 2.31. The van der Waals surface area contributed by atoms with Crippen molar-refractivity contribution < 1.29 is 14.3 Å². The van der Waals surface area contributed by atoms with E-state index in [9.17, 15) is 4.79 Å². The van der Waals surface area contributed by atoms with E-state index in [0.717, 1.165) is 17.5 Å². The van der Waals surface area contributed by atoms with Crippen molar-refractivity contribution in [2.45, 2.75) is 26.0 Å². The van der Waals surface area contributed by atoms with E-state index in [1.807, 2.05) is 48.5 Å². The molecule has 0 aliphatic rings. The molecule has 0 aliphatic heterocycles. The molecule has 32 heavy (non-hydrogen) atoms. The van der Waals surface area contributed by atoms with Gasteiger partial charge in [0.05, 0.1) is 25.9 Å². The molecule has 1 atom stereocenters. The number of aliphatic imine (C=N–C) groups is 1. The molecule has 1 unspecified atom stereocenters. The number of carbonyl (C=O) groups is 1. The van der Waals surface area contributed by atoms with Crippen LogP contribution in [0.25, 0.3) is 0 Å². The molecule has 0 fully saturated rings. The lowest BCUT2D eigenvalue weighted by atomic mass is 10.1. The summed E-state index contributed by atoms with van der Waals surface area (Å²) in [5.74, 6) is 0.569. The highest BCUT2D eigenvalue weighted by molar-refractivity contribution is 5.85. The fraction of sp³-hybridized carbons (Fsp3) is 0.440. The number of ether oxygens (including phenoxy) is 2. The Hall–Kier alpha value is -2.90. The van der Waals surface area contributed by atoms with Crippen LogP contribution >= 0.6 is 0 Å². The van der Waals surface area contributed by atoms with Gasteiger partial charge in [0.1, 0.15) is 6.54 Å². The summed E-state index contributed by atoms with van der Waals surface area (Å²) in [4.78, 5) is 17.9. The molecule has 0 saturated carbocycles. The van der Waals surface area contributed by atoms with Crippen LogP contribution in [-0.2, 0) is 20.9 Å². The number of nitrogens with one attached hydrogen (secondary N) is 2. The molecule has 0 bridgehead atoms. The average molecular weight is 441 g/mol. The van der Waals surface area contributed by atoms with Gasteiger partial charge in [-0.1, -0.05) is 60.7 Å².